The standard InChI is InChI=1S/C23H23BrClFN2O4S/c1-31-22-10-9-19(24)17(23(22)32-14-18-20(25)3-2-4-21(18)26)13-28-12-11-15-5-7-16(8-6-15)33(27,29)30/h2-10,28H,11-14H2,1H3,(H2,27,29,30). The van der Waals surface area contributed by atoms with Crippen LogP contribution in [0, 0.1) is 5.82 Å². The SMILES string of the molecule is COc1ccc(Br)c(CNCCc2ccc(S(N)(=O)=O)cc2)c1OCc1c(F)cccc1Cl. The summed E-state index contributed by atoms with van der Waals surface area (Å²) >= 11 is 9.67. The maximum Gasteiger partial charge on any atom is 0.238 e. The second kappa shape index (κ2) is 11.3. The van der Waals surface area contributed by atoms with Crippen LogP contribution in [0.1, 0.15) is 16.7 Å². The van der Waals surface area contributed by atoms with Crippen LogP contribution in [0.2, 0.25) is 5.02 Å². The van der Waals surface area contributed by atoms with Crippen LogP contribution in [0.5, 0.6) is 11.5 Å². The van der Waals surface area contributed by atoms with Crippen LogP contribution < -0.4 is 19.9 Å². The first-order chi connectivity index (χ1) is 15.7. The summed E-state index contributed by atoms with van der Waals surface area (Å²) in [4.78, 5) is 0.0799. The number of nitrogens with one attached hydrogen (secondary N) is 1. The molecule has 0 aliphatic heterocycles. The number of primary sulfonamides is 1. The molecular weight excluding hydrogens is 535 g/mol. The van der Waals surface area contributed by atoms with Crippen molar-refractivity contribution in [3.8, 4) is 11.5 Å². The number of benzene rings is 3. The van der Waals surface area contributed by atoms with E-state index in [0.29, 0.717) is 31.0 Å². The average Bonchev–Trinajstić information content (AvgIpc) is 2.77. The van der Waals surface area contributed by atoms with Crippen LogP contribution in [0.25, 0.3) is 0 Å². The van der Waals surface area contributed by atoms with Crippen LogP contribution in [-0.4, -0.2) is 22.1 Å². The molecule has 3 N–H and O–H groups in total. The third kappa shape index (κ3) is 6.68. The van der Waals surface area contributed by atoms with E-state index in [1.54, 1.807) is 30.3 Å². The van der Waals surface area contributed by atoms with Crippen LogP contribution in [0.4, 0.5) is 4.39 Å². The Morgan fingerprint density at radius 2 is 1.82 bits per heavy atom. The highest BCUT2D eigenvalue weighted by Crippen LogP contribution is 2.37. The van der Waals surface area contributed by atoms with Gasteiger partial charge in [-0.25, -0.2) is 17.9 Å². The van der Waals surface area contributed by atoms with Crippen molar-refractivity contribution >= 4 is 37.6 Å². The van der Waals surface area contributed by atoms with Gasteiger partial charge in [-0.05, 0) is 54.9 Å². The fourth-order valence-electron chi connectivity index (χ4n) is 3.17. The van der Waals surface area contributed by atoms with Crippen LogP contribution in [-0.2, 0) is 29.6 Å². The lowest BCUT2D eigenvalue weighted by atomic mass is 10.1. The summed E-state index contributed by atoms with van der Waals surface area (Å²) in [6, 6.07) is 14.5. The van der Waals surface area contributed by atoms with Gasteiger partial charge in [-0.2, -0.15) is 0 Å². The third-order valence-electron chi connectivity index (χ3n) is 4.95. The second-order valence-corrected chi connectivity index (χ2v) is 9.98. The fourth-order valence-corrected chi connectivity index (χ4v) is 4.36. The first kappa shape index (κ1) is 25.5. The zero-order valence-corrected chi connectivity index (χ0v) is 20.9. The highest BCUT2D eigenvalue weighted by atomic mass is 79.9. The predicted octanol–water partition coefficient (Wildman–Crippen LogP) is 4.81. The molecule has 0 amide bonds. The lowest BCUT2D eigenvalue weighted by Crippen LogP contribution is -2.18. The third-order valence-corrected chi connectivity index (χ3v) is 6.98. The van der Waals surface area contributed by atoms with Crippen molar-refractivity contribution in [3.05, 3.63) is 86.6 Å². The minimum absolute atomic E-state index is 0.0538. The number of ether oxygens (including phenoxy) is 2. The molecule has 0 saturated heterocycles. The van der Waals surface area contributed by atoms with Crippen LogP contribution in [0.15, 0.2) is 64.0 Å². The zero-order chi connectivity index (χ0) is 24.0. The Morgan fingerprint density at radius 3 is 2.45 bits per heavy atom. The molecule has 0 heterocycles. The molecule has 0 radical (unpaired) electrons. The van der Waals surface area contributed by atoms with Crippen molar-refractivity contribution < 1.29 is 22.3 Å². The molecule has 3 aromatic rings. The first-order valence-electron chi connectivity index (χ1n) is 9.94. The smallest absolute Gasteiger partial charge is 0.238 e. The summed E-state index contributed by atoms with van der Waals surface area (Å²) in [6.07, 6.45) is 0.674. The van der Waals surface area contributed by atoms with Crippen molar-refractivity contribution in [3.63, 3.8) is 0 Å². The minimum atomic E-state index is -3.71. The summed E-state index contributed by atoms with van der Waals surface area (Å²) in [6.45, 7) is 1.02. The molecule has 0 bridgehead atoms. The van der Waals surface area contributed by atoms with Crippen molar-refractivity contribution in [2.75, 3.05) is 13.7 Å². The normalized spacial score (nSPS) is 11.4. The molecule has 0 fully saturated rings. The molecule has 33 heavy (non-hydrogen) atoms. The van der Waals surface area contributed by atoms with E-state index in [1.807, 2.05) is 6.07 Å². The molecule has 6 nitrogen and oxygen atoms in total. The molecule has 0 unspecified atom stereocenters. The van der Waals surface area contributed by atoms with Crippen molar-refractivity contribution in [2.24, 2.45) is 5.14 Å². The number of hydrogen-bond acceptors (Lipinski definition) is 5. The Hall–Kier alpha value is -2.17. The van der Waals surface area contributed by atoms with E-state index in [9.17, 15) is 12.8 Å². The van der Waals surface area contributed by atoms with E-state index in [4.69, 9.17) is 26.2 Å². The number of halogens is 3. The molecule has 0 aliphatic carbocycles. The Morgan fingerprint density at radius 1 is 1.09 bits per heavy atom. The van der Waals surface area contributed by atoms with Crippen LogP contribution in [0.3, 0.4) is 0 Å². The largest absolute Gasteiger partial charge is 0.493 e. The van der Waals surface area contributed by atoms with Gasteiger partial charge < -0.3 is 14.8 Å². The molecule has 176 valence electrons. The van der Waals surface area contributed by atoms with E-state index >= 15 is 0 Å². The number of sulfonamides is 1. The molecule has 0 atom stereocenters. The number of nitrogens with two attached hydrogens (primary N) is 1. The average molecular weight is 558 g/mol. The van der Waals surface area contributed by atoms with E-state index in [1.165, 1.54) is 25.3 Å². The molecule has 0 spiro atoms. The Labute approximate surface area is 206 Å². The van der Waals surface area contributed by atoms with E-state index in [-0.39, 0.29) is 22.1 Å². The molecule has 3 aromatic carbocycles. The second-order valence-electron chi connectivity index (χ2n) is 7.16. The van der Waals surface area contributed by atoms with Gasteiger partial charge in [0, 0.05) is 22.1 Å². The quantitative estimate of drug-likeness (QED) is 0.349. The van der Waals surface area contributed by atoms with Gasteiger partial charge in [0.15, 0.2) is 11.5 Å². The zero-order valence-electron chi connectivity index (χ0n) is 17.8. The summed E-state index contributed by atoms with van der Waals surface area (Å²) in [5.41, 5.74) is 2.04. The Balaban J connectivity index is 1.68. The summed E-state index contributed by atoms with van der Waals surface area (Å²) in [5.74, 6) is 0.557. The van der Waals surface area contributed by atoms with Crippen molar-refractivity contribution in [1.82, 2.24) is 5.32 Å². The maximum atomic E-state index is 14.2. The monoisotopic (exact) mass is 556 g/mol. The highest BCUT2D eigenvalue weighted by Gasteiger charge is 2.16. The van der Waals surface area contributed by atoms with Gasteiger partial charge in [0.2, 0.25) is 10.0 Å². The fraction of sp³-hybridized carbons (Fsp3) is 0.217. The van der Waals surface area contributed by atoms with Gasteiger partial charge in [0.25, 0.3) is 0 Å². The summed E-state index contributed by atoms with van der Waals surface area (Å²) in [7, 11) is -2.17. The number of methoxy groups -OCH3 is 1. The van der Waals surface area contributed by atoms with Gasteiger partial charge in [-0.15, -0.1) is 0 Å². The van der Waals surface area contributed by atoms with E-state index in [0.717, 1.165) is 15.6 Å². The van der Waals surface area contributed by atoms with Gasteiger partial charge in [-0.1, -0.05) is 45.7 Å². The Kier molecular flexibility index (Phi) is 8.72. The molecule has 0 aromatic heterocycles. The minimum Gasteiger partial charge on any atom is -0.493 e. The lowest BCUT2D eigenvalue weighted by Gasteiger charge is -2.18. The van der Waals surface area contributed by atoms with Gasteiger partial charge in [-0.3, -0.25) is 0 Å². The molecule has 0 saturated carbocycles. The molecule has 10 heteroatoms. The molecular formula is C23H23BrClFN2O4S. The van der Waals surface area contributed by atoms with Gasteiger partial charge >= 0.3 is 0 Å². The molecule has 0 aliphatic rings. The number of hydrogen-bond donors (Lipinski definition) is 2. The summed E-state index contributed by atoms with van der Waals surface area (Å²) in [5, 5.41) is 8.76. The van der Waals surface area contributed by atoms with E-state index in [2.05, 4.69) is 21.2 Å². The number of rotatable bonds is 10. The lowest BCUT2D eigenvalue weighted by molar-refractivity contribution is 0.276. The predicted molar refractivity (Wildman–Crippen MR) is 130 cm³/mol. The highest BCUT2D eigenvalue weighted by molar-refractivity contribution is 9.10. The van der Waals surface area contributed by atoms with E-state index < -0.39 is 15.8 Å². The van der Waals surface area contributed by atoms with Gasteiger partial charge in [0.05, 0.1) is 17.0 Å². The first-order valence-corrected chi connectivity index (χ1v) is 12.7. The maximum absolute atomic E-state index is 14.2. The molecule has 3 rings (SSSR count). The van der Waals surface area contributed by atoms with Gasteiger partial charge in [0.1, 0.15) is 12.4 Å². The van der Waals surface area contributed by atoms with Crippen molar-refractivity contribution in [2.45, 2.75) is 24.5 Å². The Bertz CT molecular complexity index is 1200. The van der Waals surface area contributed by atoms with Crippen LogP contribution >= 0.6 is 27.5 Å². The van der Waals surface area contributed by atoms with Crippen molar-refractivity contribution in [1.29, 1.82) is 0 Å². The topological polar surface area (TPSA) is 90.6 Å². The summed E-state index contributed by atoms with van der Waals surface area (Å²) < 4.78 is 49.1.